The van der Waals surface area contributed by atoms with E-state index in [0.29, 0.717) is 24.3 Å². The van der Waals surface area contributed by atoms with Crippen molar-refractivity contribution >= 4 is 27.7 Å². The third-order valence-corrected chi connectivity index (χ3v) is 7.83. The van der Waals surface area contributed by atoms with Crippen molar-refractivity contribution in [1.82, 2.24) is 15.1 Å². The number of carbonyl (C=O) groups is 3. The van der Waals surface area contributed by atoms with Gasteiger partial charge in [0, 0.05) is 24.6 Å². The van der Waals surface area contributed by atoms with Crippen molar-refractivity contribution in [3.05, 3.63) is 29.8 Å². The van der Waals surface area contributed by atoms with E-state index in [0.717, 1.165) is 4.90 Å². The van der Waals surface area contributed by atoms with E-state index in [1.165, 1.54) is 4.90 Å². The maximum Gasteiger partial charge on any atom is 0.325 e. The first-order valence-corrected chi connectivity index (χ1v) is 12.3. The van der Waals surface area contributed by atoms with Gasteiger partial charge >= 0.3 is 6.03 Å². The van der Waals surface area contributed by atoms with Crippen LogP contribution in [0.3, 0.4) is 0 Å². The molecule has 9 nitrogen and oxygen atoms in total. The molecule has 10 heteroatoms. The Hall–Kier alpha value is -2.62. The lowest BCUT2D eigenvalue weighted by Crippen LogP contribution is -2.50. The quantitative estimate of drug-likeness (QED) is 0.668. The van der Waals surface area contributed by atoms with Gasteiger partial charge in [0.1, 0.15) is 12.3 Å². The van der Waals surface area contributed by atoms with Crippen LogP contribution < -0.4 is 10.1 Å². The lowest BCUT2D eigenvalue weighted by Gasteiger charge is -2.33. The average Bonchev–Trinajstić information content (AvgIpc) is 3.18. The highest BCUT2D eigenvalue weighted by Crippen LogP contribution is 2.41. The summed E-state index contributed by atoms with van der Waals surface area (Å²) in [6, 6.07) is 5.99. The van der Waals surface area contributed by atoms with E-state index in [9.17, 15) is 22.8 Å². The van der Waals surface area contributed by atoms with Crippen LogP contribution in [0.1, 0.15) is 32.3 Å². The number of imide groups is 1. The first-order valence-electron chi connectivity index (χ1n) is 10.5. The number of nitrogens with zero attached hydrogens (tertiary/aromatic N) is 2. The van der Waals surface area contributed by atoms with Crippen LogP contribution in [0.25, 0.3) is 0 Å². The number of benzene rings is 1. The van der Waals surface area contributed by atoms with Gasteiger partial charge in [-0.1, -0.05) is 32.0 Å². The van der Waals surface area contributed by atoms with Crippen molar-refractivity contribution in [2.75, 3.05) is 31.2 Å². The van der Waals surface area contributed by atoms with Gasteiger partial charge in [0.15, 0.2) is 15.4 Å². The summed E-state index contributed by atoms with van der Waals surface area (Å²) in [6.45, 7) is 4.09. The predicted molar refractivity (Wildman–Crippen MR) is 112 cm³/mol. The van der Waals surface area contributed by atoms with Crippen LogP contribution in [0.4, 0.5) is 4.79 Å². The Kier molecular flexibility index (Phi) is 5.45. The fourth-order valence-corrected chi connectivity index (χ4v) is 6.34. The normalized spacial score (nSPS) is 26.7. The molecule has 2 fully saturated rings. The molecule has 4 amide bonds. The number of amides is 4. The smallest absolute Gasteiger partial charge is 0.325 e. The van der Waals surface area contributed by atoms with Crippen molar-refractivity contribution in [1.29, 1.82) is 0 Å². The molecule has 2 saturated heterocycles. The van der Waals surface area contributed by atoms with E-state index in [1.807, 2.05) is 13.8 Å². The summed E-state index contributed by atoms with van der Waals surface area (Å²) >= 11 is 0. The zero-order valence-electron chi connectivity index (χ0n) is 17.7. The van der Waals surface area contributed by atoms with Gasteiger partial charge in [0.2, 0.25) is 5.91 Å². The molecule has 3 aliphatic rings. The maximum absolute atomic E-state index is 13.4. The molecule has 1 spiro atoms. The molecule has 2 unspecified atom stereocenters. The second kappa shape index (κ2) is 7.81. The number of carbonyl (C=O) groups excluding carboxylic acids is 3. The highest BCUT2D eigenvalue weighted by Gasteiger charge is 2.55. The van der Waals surface area contributed by atoms with Crippen LogP contribution in [0.15, 0.2) is 24.3 Å². The van der Waals surface area contributed by atoms with E-state index in [-0.39, 0.29) is 30.5 Å². The van der Waals surface area contributed by atoms with Crippen molar-refractivity contribution in [3.63, 3.8) is 0 Å². The Bertz CT molecular complexity index is 1020. The van der Waals surface area contributed by atoms with Crippen molar-refractivity contribution in [2.45, 2.75) is 38.3 Å². The van der Waals surface area contributed by atoms with Crippen LogP contribution in [0.2, 0.25) is 0 Å². The summed E-state index contributed by atoms with van der Waals surface area (Å²) in [7, 11) is -3.18. The summed E-state index contributed by atoms with van der Waals surface area (Å²) in [5, 5.41) is 2.78. The Morgan fingerprint density at radius 2 is 2.06 bits per heavy atom. The molecule has 168 valence electrons. The molecular formula is C21H27N3O6S. The van der Waals surface area contributed by atoms with Gasteiger partial charge in [-0.2, -0.15) is 0 Å². The minimum atomic E-state index is -3.18. The molecule has 0 saturated carbocycles. The Morgan fingerprint density at radius 3 is 2.74 bits per heavy atom. The van der Waals surface area contributed by atoms with Gasteiger partial charge < -0.3 is 15.0 Å². The van der Waals surface area contributed by atoms with Gasteiger partial charge in [-0.25, -0.2) is 13.2 Å². The fraction of sp³-hybridized carbons (Fsp3) is 0.571. The first-order chi connectivity index (χ1) is 14.6. The van der Waals surface area contributed by atoms with Gasteiger partial charge in [0.05, 0.1) is 18.1 Å². The molecule has 1 N–H and O–H groups in total. The Morgan fingerprint density at radius 1 is 1.32 bits per heavy atom. The Labute approximate surface area is 181 Å². The lowest BCUT2D eigenvalue weighted by molar-refractivity contribution is -0.141. The highest BCUT2D eigenvalue weighted by atomic mass is 32.2. The van der Waals surface area contributed by atoms with Crippen molar-refractivity contribution < 1.29 is 27.5 Å². The van der Waals surface area contributed by atoms with Gasteiger partial charge in [-0.15, -0.1) is 0 Å². The zero-order valence-corrected chi connectivity index (χ0v) is 18.5. The largest absolute Gasteiger partial charge is 0.493 e. The molecule has 1 aromatic carbocycles. The molecule has 31 heavy (non-hydrogen) atoms. The molecule has 3 aliphatic heterocycles. The van der Waals surface area contributed by atoms with Gasteiger partial charge in [-0.3, -0.25) is 14.5 Å². The number of urea groups is 1. The molecule has 1 aromatic rings. The Balaban J connectivity index is 1.57. The number of hydrogen-bond donors (Lipinski definition) is 1. The van der Waals surface area contributed by atoms with E-state index < -0.39 is 45.8 Å². The second-order valence-corrected chi connectivity index (χ2v) is 11.0. The molecular weight excluding hydrogens is 422 g/mol. The van der Waals surface area contributed by atoms with E-state index in [1.54, 1.807) is 24.3 Å². The third-order valence-electron chi connectivity index (χ3n) is 6.08. The van der Waals surface area contributed by atoms with E-state index in [4.69, 9.17) is 4.74 Å². The van der Waals surface area contributed by atoms with Crippen LogP contribution in [0, 0.1) is 5.92 Å². The number of para-hydroxylation sites is 1. The summed E-state index contributed by atoms with van der Waals surface area (Å²) in [4.78, 5) is 41.8. The molecule has 3 heterocycles. The summed E-state index contributed by atoms with van der Waals surface area (Å²) in [6.07, 6.45) is 0.644. The molecule has 0 radical (unpaired) electrons. The minimum Gasteiger partial charge on any atom is -0.493 e. The maximum atomic E-state index is 13.4. The average molecular weight is 450 g/mol. The predicted octanol–water partition coefficient (Wildman–Crippen LogP) is 0.888. The molecule has 0 bridgehead atoms. The van der Waals surface area contributed by atoms with Crippen LogP contribution in [0.5, 0.6) is 5.75 Å². The van der Waals surface area contributed by atoms with Gasteiger partial charge in [-0.05, 0) is 18.4 Å². The number of ether oxygens (including phenoxy) is 1. The number of sulfone groups is 1. The summed E-state index contributed by atoms with van der Waals surface area (Å²) in [5.74, 6) is -0.290. The van der Waals surface area contributed by atoms with Gasteiger partial charge in [0.25, 0.3) is 5.91 Å². The van der Waals surface area contributed by atoms with Crippen LogP contribution in [-0.2, 0) is 25.0 Å². The number of hydrogen-bond acceptors (Lipinski definition) is 6. The minimum absolute atomic E-state index is 0.0442. The van der Waals surface area contributed by atoms with Crippen molar-refractivity contribution in [2.24, 2.45) is 5.92 Å². The molecule has 0 aliphatic carbocycles. The first kappa shape index (κ1) is 21.6. The lowest BCUT2D eigenvalue weighted by atomic mass is 9.84. The van der Waals surface area contributed by atoms with Crippen LogP contribution >= 0.6 is 0 Å². The third kappa shape index (κ3) is 3.88. The standard InChI is InChI=1S/C21H27N3O6S/c1-14(2)11-23(15-7-10-31(28,29)13-15)18(25)12-24-19(26)21(22-20(24)27)8-9-30-17-6-4-3-5-16(17)21/h3-6,14-15H,7-13H2,1-2H3,(H,22,27). The highest BCUT2D eigenvalue weighted by molar-refractivity contribution is 7.91. The number of fused-ring (bicyclic) bond motifs is 2. The van der Waals surface area contributed by atoms with Crippen LogP contribution in [-0.4, -0.2) is 73.3 Å². The number of rotatable bonds is 5. The molecule has 0 aromatic heterocycles. The summed E-state index contributed by atoms with van der Waals surface area (Å²) in [5.41, 5.74) is -0.665. The monoisotopic (exact) mass is 449 g/mol. The second-order valence-electron chi connectivity index (χ2n) is 8.82. The molecule has 4 rings (SSSR count). The van der Waals surface area contributed by atoms with E-state index in [2.05, 4.69) is 5.32 Å². The SMILES string of the molecule is CC(C)CN(C(=O)CN1C(=O)NC2(CCOc3ccccc32)C1=O)C1CCS(=O)(=O)C1. The fourth-order valence-electron chi connectivity index (χ4n) is 4.61. The molecule has 2 atom stereocenters. The summed E-state index contributed by atoms with van der Waals surface area (Å²) < 4.78 is 29.5. The zero-order chi connectivity index (χ0) is 22.4. The topological polar surface area (TPSA) is 113 Å². The number of nitrogens with one attached hydrogen (secondary N) is 1. The van der Waals surface area contributed by atoms with E-state index >= 15 is 0 Å². The van der Waals surface area contributed by atoms with Crippen molar-refractivity contribution in [3.8, 4) is 5.75 Å².